The van der Waals surface area contributed by atoms with Crippen molar-refractivity contribution in [1.82, 2.24) is 9.47 Å². The molecule has 1 fully saturated rings. The third kappa shape index (κ3) is 3.20. The molecule has 1 atom stereocenters. The Morgan fingerprint density at radius 2 is 2.19 bits per heavy atom. The summed E-state index contributed by atoms with van der Waals surface area (Å²) in [5, 5.41) is 0. The second-order valence-corrected chi connectivity index (χ2v) is 4.68. The van der Waals surface area contributed by atoms with Crippen molar-refractivity contribution in [3.8, 4) is 0 Å². The first-order valence-corrected chi connectivity index (χ1v) is 6.53. The van der Waals surface area contributed by atoms with Crippen LogP contribution in [0.4, 0.5) is 18.0 Å². The maximum Gasteiger partial charge on any atom is 0.416 e. The van der Waals surface area contributed by atoms with Crippen molar-refractivity contribution in [1.29, 1.82) is 0 Å². The number of amides is 2. The number of aryl methyl sites for hydroxylation is 1. The van der Waals surface area contributed by atoms with Crippen LogP contribution in [0, 0.1) is 0 Å². The monoisotopic (exact) mass is 304 g/mol. The highest BCUT2D eigenvalue weighted by molar-refractivity contribution is 5.93. The Balaban J connectivity index is 2.22. The molecule has 21 heavy (non-hydrogen) atoms. The average Bonchev–Trinajstić information content (AvgIpc) is 3.02. The van der Waals surface area contributed by atoms with Gasteiger partial charge < -0.3 is 9.30 Å². The SMILES string of the molecule is CCn1cccc1C(CC(=O)N1CCOC1=O)C(F)(F)F. The van der Waals surface area contributed by atoms with Gasteiger partial charge in [-0.2, -0.15) is 13.2 Å². The van der Waals surface area contributed by atoms with Crippen LogP contribution >= 0.6 is 0 Å². The summed E-state index contributed by atoms with van der Waals surface area (Å²) in [5.41, 5.74) is 0.0194. The fourth-order valence-electron chi connectivity index (χ4n) is 2.32. The molecule has 0 aromatic carbocycles. The van der Waals surface area contributed by atoms with Crippen LogP contribution < -0.4 is 0 Å². The van der Waals surface area contributed by atoms with Crippen LogP contribution in [-0.2, 0) is 16.1 Å². The highest BCUT2D eigenvalue weighted by atomic mass is 19.4. The first-order chi connectivity index (χ1) is 9.84. The van der Waals surface area contributed by atoms with Crippen molar-refractivity contribution in [2.45, 2.75) is 32.0 Å². The summed E-state index contributed by atoms with van der Waals surface area (Å²) >= 11 is 0. The number of carbonyl (C=O) groups excluding carboxylic acids is 2. The van der Waals surface area contributed by atoms with E-state index in [2.05, 4.69) is 4.74 Å². The maximum atomic E-state index is 13.2. The van der Waals surface area contributed by atoms with E-state index in [4.69, 9.17) is 0 Å². The Hall–Kier alpha value is -1.99. The van der Waals surface area contributed by atoms with Gasteiger partial charge in [0.15, 0.2) is 0 Å². The third-order valence-electron chi connectivity index (χ3n) is 3.40. The van der Waals surface area contributed by atoms with Gasteiger partial charge >= 0.3 is 12.3 Å². The van der Waals surface area contributed by atoms with Gasteiger partial charge in [0.05, 0.1) is 6.54 Å². The van der Waals surface area contributed by atoms with Gasteiger partial charge in [-0.05, 0) is 19.1 Å². The predicted octanol–water partition coefficient (Wildman–Crippen LogP) is 2.52. The number of carbonyl (C=O) groups is 2. The van der Waals surface area contributed by atoms with Crippen molar-refractivity contribution >= 4 is 12.0 Å². The number of imide groups is 1. The molecule has 116 valence electrons. The normalized spacial score (nSPS) is 17.0. The van der Waals surface area contributed by atoms with Crippen LogP contribution in [0.3, 0.4) is 0 Å². The fraction of sp³-hybridized carbons (Fsp3) is 0.538. The Labute approximate surface area is 119 Å². The van der Waals surface area contributed by atoms with Gasteiger partial charge in [-0.15, -0.1) is 0 Å². The zero-order valence-electron chi connectivity index (χ0n) is 11.4. The number of aromatic nitrogens is 1. The minimum atomic E-state index is -4.56. The molecule has 2 heterocycles. The van der Waals surface area contributed by atoms with Crippen molar-refractivity contribution in [3.05, 3.63) is 24.0 Å². The van der Waals surface area contributed by atoms with Crippen LogP contribution in [-0.4, -0.2) is 40.8 Å². The summed E-state index contributed by atoms with van der Waals surface area (Å²) in [6.45, 7) is 2.11. The maximum absolute atomic E-state index is 13.2. The standard InChI is InChI=1S/C13H15F3N2O3/c1-2-17-5-3-4-10(17)9(13(14,15)16)8-11(19)18-6-7-21-12(18)20/h3-5,9H,2,6-8H2,1H3. The van der Waals surface area contributed by atoms with Crippen LogP contribution in [0.1, 0.15) is 25.0 Å². The number of rotatable bonds is 4. The van der Waals surface area contributed by atoms with E-state index in [9.17, 15) is 22.8 Å². The molecule has 1 aliphatic rings. The molecule has 8 heteroatoms. The van der Waals surface area contributed by atoms with Gasteiger partial charge in [-0.3, -0.25) is 4.79 Å². The number of halogens is 3. The molecule has 0 spiro atoms. The molecular formula is C13H15F3N2O3. The lowest BCUT2D eigenvalue weighted by molar-refractivity contribution is -0.160. The lowest BCUT2D eigenvalue weighted by atomic mass is 9.99. The van der Waals surface area contributed by atoms with E-state index in [0.717, 1.165) is 4.90 Å². The molecule has 0 bridgehead atoms. The number of cyclic esters (lactones) is 1. The van der Waals surface area contributed by atoms with E-state index in [0.29, 0.717) is 6.54 Å². The lowest BCUT2D eigenvalue weighted by Crippen LogP contribution is -2.35. The van der Waals surface area contributed by atoms with Crippen LogP contribution in [0.15, 0.2) is 18.3 Å². The quantitative estimate of drug-likeness (QED) is 0.859. The molecule has 0 aliphatic carbocycles. The molecule has 0 radical (unpaired) electrons. The van der Waals surface area contributed by atoms with Crippen molar-refractivity contribution in [2.24, 2.45) is 0 Å². The van der Waals surface area contributed by atoms with Gasteiger partial charge in [0.2, 0.25) is 5.91 Å². The summed E-state index contributed by atoms with van der Waals surface area (Å²) in [6.07, 6.45) is -4.72. The molecule has 2 rings (SSSR count). The van der Waals surface area contributed by atoms with E-state index in [1.807, 2.05) is 0 Å². The second-order valence-electron chi connectivity index (χ2n) is 4.68. The molecule has 1 aromatic heterocycles. The molecule has 1 saturated heterocycles. The van der Waals surface area contributed by atoms with Crippen LogP contribution in [0.5, 0.6) is 0 Å². The molecule has 1 unspecified atom stereocenters. The Morgan fingerprint density at radius 1 is 1.48 bits per heavy atom. The van der Waals surface area contributed by atoms with Gasteiger partial charge in [-0.25, -0.2) is 9.69 Å². The van der Waals surface area contributed by atoms with Gasteiger partial charge in [0.1, 0.15) is 12.5 Å². The lowest BCUT2D eigenvalue weighted by Gasteiger charge is -2.23. The van der Waals surface area contributed by atoms with Crippen molar-refractivity contribution < 1.29 is 27.5 Å². The zero-order chi connectivity index (χ0) is 15.6. The first-order valence-electron chi connectivity index (χ1n) is 6.53. The number of ether oxygens (including phenoxy) is 1. The first kappa shape index (κ1) is 15.4. The molecule has 1 aliphatic heterocycles. The summed E-state index contributed by atoms with van der Waals surface area (Å²) in [6, 6.07) is 2.85. The smallest absolute Gasteiger partial charge is 0.416 e. The number of hydrogen-bond acceptors (Lipinski definition) is 3. The average molecular weight is 304 g/mol. The van der Waals surface area contributed by atoms with Crippen LogP contribution in [0.2, 0.25) is 0 Å². The van der Waals surface area contributed by atoms with E-state index < -0.39 is 30.5 Å². The molecule has 0 saturated carbocycles. The predicted molar refractivity (Wildman–Crippen MR) is 66.6 cm³/mol. The highest BCUT2D eigenvalue weighted by Crippen LogP contribution is 2.38. The highest BCUT2D eigenvalue weighted by Gasteiger charge is 2.45. The molecular weight excluding hydrogens is 289 g/mol. The number of nitrogens with zero attached hydrogens (tertiary/aromatic N) is 2. The van der Waals surface area contributed by atoms with E-state index in [1.54, 1.807) is 6.92 Å². The zero-order valence-corrected chi connectivity index (χ0v) is 11.4. The molecule has 2 amide bonds. The Morgan fingerprint density at radius 3 is 2.71 bits per heavy atom. The van der Waals surface area contributed by atoms with Gasteiger partial charge in [-0.1, -0.05) is 0 Å². The van der Waals surface area contributed by atoms with E-state index in [-0.39, 0.29) is 18.8 Å². The number of hydrogen-bond donors (Lipinski definition) is 0. The molecule has 5 nitrogen and oxygen atoms in total. The van der Waals surface area contributed by atoms with Crippen molar-refractivity contribution in [3.63, 3.8) is 0 Å². The Kier molecular flexibility index (Phi) is 4.24. The summed E-state index contributed by atoms with van der Waals surface area (Å²) in [4.78, 5) is 23.9. The minimum absolute atomic E-state index is 0.00294. The summed E-state index contributed by atoms with van der Waals surface area (Å²) < 4.78 is 45.7. The van der Waals surface area contributed by atoms with E-state index in [1.165, 1.54) is 22.9 Å². The fourth-order valence-corrected chi connectivity index (χ4v) is 2.32. The Bertz CT molecular complexity index is 539. The largest absolute Gasteiger partial charge is 0.447 e. The number of alkyl halides is 3. The van der Waals surface area contributed by atoms with E-state index >= 15 is 0 Å². The summed E-state index contributed by atoms with van der Waals surface area (Å²) in [7, 11) is 0. The summed E-state index contributed by atoms with van der Waals surface area (Å²) in [5.74, 6) is -2.81. The third-order valence-corrected chi connectivity index (χ3v) is 3.40. The van der Waals surface area contributed by atoms with Gasteiger partial charge in [0.25, 0.3) is 0 Å². The van der Waals surface area contributed by atoms with Crippen LogP contribution in [0.25, 0.3) is 0 Å². The minimum Gasteiger partial charge on any atom is -0.447 e. The van der Waals surface area contributed by atoms with Crippen molar-refractivity contribution in [2.75, 3.05) is 13.2 Å². The topological polar surface area (TPSA) is 51.5 Å². The molecule has 0 N–H and O–H groups in total. The second kappa shape index (κ2) is 5.79. The van der Waals surface area contributed by atoms with Gasteiger partial charge in [0, 0.05) is 24.9 Å². The molecule has 1 aromatic rings.